The van der Waals surface area contributed by atoms with Gasteiger partial charge in [-0.05, 0) is 37.0 Å². The monoisotopic (exact) mass is 305 g/mol. The van der Waals surface area contributed by atoms with Crippen molar-refractivity contribution >= 4 is 28.3 Å². The number of phenolic OH excluding ortho intramolecular Hbond substituents is 1. The van der Waals surface area contributed by atoms with E-state index in [1.165, 1.54) is 25.7 Å². The van der Waals surface area contributed by atoms with Crippen LogP contribution in [0.5, 0.6) is 5.75 Å². The highest BCUT2D eigenvalue weighted by Gasteiger charge is 2.25. The molecule has 0 unspecified atom stereocenters. The summed E-state index contributed by atoms with van der Waals surface area (Å²) in [5.41, 5.74) is 7.06. The SMILES string of the molecule is Cl.N[C@@H](c1cc(Br)ccc1O)C1CCCC1. The van der Waals surface area contributed by atoms with Crippen LogP contribution >= 0.6 is 28.3 Å². The topological polar surface area (TPSA) is 46.2 Å². The molecule has 0 heterocycles. The highest BCUT2D eigenvalue weighted by molar-refractivity contribution is 9.10. The van der Waals surface area contributed by atoms with E-state index >= 15 is 0 Å². The molecule has 3 N–H and O–H groups in total. The van der Waals surface area contributed by atoms with Crippen LogP contribution < -0.4 is 5.73 Å². The number of aromatic hydroxyl groups is 1. The molecule has 1 saturated carbocycles. The predicted octanol–water partition coefficient (Wildman–Crippen LogP) is 3.77. The summed E-state index contributed by atoms with van der Waals surface area (Å²) in [6.45, 7) is 0. The molecular formula is C12H17BrClNO. The van der Waals surface area contributed by atoms with Gasteiger partial charge in [-0.3, -0.25) is 0 Å². The maximum Gasteiger partial charge on any atom is 0.120 e. The van der Waals surface area contributed by atoms with Crippen molar-refractivity contribution in [3.05, 3.63) is 28.2 Å². The minimum absolute atomic E-state index is 0. The number of phenols is 1. The van der Waals surface area contributed by atoms with Gasteiger partial charge in [0.15, 0.2) is 0 Å². The first-order chi connectivity index (χ1) is 7.18. The number of benzene rings is 1. The molecule has 1 atom stereocenters. The van der Waals surface area contributed by atoms with Crippen LogP contribution in [0.15, 0.2) is 22.7 Å². The molecule has 1 aliphatic carbocycles. The van der Waals surface area contributed by atoms with Crippen LogP contribution in [-0.2, 0) is 0 Å². The molecule has 1 aliphatic rings. The third kappa shape index (κ3) is 2.90. The highest BCUT2D eigenvalue weighted by Crippen LogP contribution is 2.37. The van der Waals surface area contributed by atoms with Crippen molar-refractivity contribution in [2.24, 2.45) is 11.7 Å². The van der Waals surface area contributed by atoms with Gasteiger partial charge in [-0.25, -0.2) is 0 Å². The summed E-state index contributed by atoms with van der Waals surface area (Å²) in [4.78, 5) is 0. The third-order valence-corrected chi connectivity index (χ3v) is 3.75. The first kappa shape index (κ1) is 13.8. The lowest BCUT2D eigenvalue weighted by atomic mass is 9.92. The first-order valence-corrected chi connectivity index (χ1v) is 6.22. The zero-order valence-corrected chi connectivity index (χ0v) is 11.4. The standard InChI is InChI=1S/C12H16BrNO.ClH/c13-9-5-6-11(15)10(7-9)12(14)8-3-1-2-4-8;/h5-8,12,15H,1-4,14H2;1H/t12-;/m1./s1. The van der Waals surface area contributed by atoms with Crippen LogP contribution in [0.4, 0.5) is 0 Å². The minimum atomic E-state index is -0.0231. The Morgan fingerprint density at radius 2 is 1.94 bits per heavy atom. The Labute approximate surface area is 111 Å². The van der Waals surface area contributed by atoms with E-state index in [4.69, 9.17) is 5.73 Å². The molecule has 0 radical (unpaired) electrons. The van der Waals surface area contributed by atoms with Gasteiger partial charge >= 0.3 is 0 Å². The second-order valence-electron chi connectivity index (χ2n) is 4.27. The van der Waals surface area contributed by atoms with Crippen LogP contribution in [0.3, 0.4) is 0 Å². The Bertz CT molecular complexity index is 353. The number of halogens is 2. The fourth-order valence-electron chi connectivity index (χ4n) is 2.36. The molecule has 2 rings (SSSR count). The molecular weight excluding hydrogens is 289 g/mol. The van der Waals surface area contributed by atoms with Crippen LogP contribution in [0.2, 0.25) is 0 Å². The van der Waals surface area contributed by atoms with Gasteiger partial charge in [0, 0.05) is 16.1 Å². The van der Waals surface area contributed by atoms with Crippen molar-refractivity contribution in [2.75, 3.05) is 0 Å². The van der Waals surface area contributed by atoms with E-state index in [0.717, 1.165) is 10.0 Å². The van der Waals surface area contributed by atoms with Crippen LogP contribution in [0.25, 0.3) is 0 Å². The maximum absolute atomic E-state index is 9.76. The zero-order valence-electron chi connectivity index (χ0n) is 9.03. The lowest BCUT2D eigenvalue weighted by Gasteiger charge is -2.20. The van der Waals surface area contributed by atoms with Gasteiger partial charge in [0.05, 0.1) is 0 Å². The summed E-state index contributed by atoms with van der Waals surface area (Å²) in [6, 6.07) is 5.44. The van der Waals surface area contributed by atoms with E-state index < -0.39 is 0 Å². The van der Waals surface area contributed by atoms with E-state index in [0.29, 0.717) is 11.7 Å². The van der Waals surface area contributed by atoms with E-state index in [1.54, 1.807) is 6.07 Å². The molecule has 0 bridgehead atoms. The molecule has 2 nitrogen and oxygen atoms in total. The van der Waals surface area contributed by atoms with Crippen molar-refractivity contribution in [3.63, 3.8) is 0 Å². The second kappa shape index (κ2) is 5.89. The van der Waals surface area contributed by atoms with Crippen molar-refractivity contribution in [3.8, 4) is 5.75 Å². The van der Waals surface area contributed by atoms with Crippen LogP contribution in [0.1, 0.15) is 37.3 Å². The molecule has 1 fully saturated rings. The Balaban J connectivity index is 0.00000128. The van der Waals surface area contributed by atoms with Crippen molar-refractivity contribution in [1.82, 2.24) is 0 Å². The Kier molecular flexibility index (Phi) is 5.09. The predicted molar refractivity (Wildman–Crippen MR) is 71.9 cm³/mol. The number of hydrogen-bond acceptors (Lipinski definition) is 2. The van der Waals surface area contributed by atoms with Crippen molar-refractivity contribution < 1.29 is 5.11 Å². The number of hydrogen-bond donors (Lipinski definition) is 2. The fourth-order valence-corrected chi connectivity index (χ4v) is 2.74. The molecule has 0 aliphatic heterocycles. The van der Waals surface area contributed by atoms with E-state index in [2.05, 4.69) is 15.9 Å². The lowest BCUT2D eigenvalue weighted by molar-refractivity contribution is 0.412. The summed E-state index contributed by atoms with van der Waals surface area (Å²) in [7, 11) is 0. The smallest absolute Gasteiger partial charge is 0.120 e. The van der Waals surface area contributed by atoms with E-state index in [-0.39, 0.29) is 18.4 Å². The van der Waals surface area contributed by atoms with Crippen molar-refractivity contribution in [1.29, 1.82) is 0 Å². The lowest BCUT2D eigenvalue weighted by Crippen LogP contribution is -2.19. The third-order valence-electron chi connectivity index (χ3n) is 3.26. The van der Waals surface area contributed by atoms with Crippen molar-refractivity contribution in [2.45, 2.75) is 31.7 Å². The van der Waals surface area contributed by atoms with Crippen LogP contribution in [0, 0.1) is 5.92 Å². The summed E-state index contributed by atoms with van der Waals surface area (Å²) < 4.78 is 0.976. The second-order valence-corrected chi connectivity index (χ2v) is 5.19. The summed E-state index contributed by atoms with van der Waals surface area (Å²) in [5.74, 6) is 0.850. The van der Waals surface area contributed by atoms with Gasteiger partial charge in [-0.15, -0.1) is 12.4 Å². The molecule has 90 valence electrons. The molecule has 16 heavy (non-hydrogen) atoms. The molecule has 0 aromatic heterocycles. The van der Waals surface area contributed by atoms with Gasteiger partial charge in [0.2, 0.25) is 0 Å². The molecule has 0 spiro atoms. The first-order valence-electron chi connectivity index (χ1n) is 5.42. The maximum atomic E-state index is 9.76. The molecule has 4 heteroatoms. The molecule has 1 aromatic rings. The van der Waals surface area contributed by atoms with Gasteiger partial charge in [0.25, 0.3) is 0 Å². The van der Waals surface area contributed by atoms with Crippen LogP contribution in [-0.4, -0.2) is 5.11 Å². The van der Waals surface area contributed by atoms with Gasteiger partial charge in [-0.1, -0.05) is 28.8 Å². The largest absolute Gasteiger partial charge is 0.508 e. The molecule has 1 aromatic carbocycles. The summed E-state index contributed by atoms with van der Waals surface area (Å²) in [6.07, 6.45) is 4.92. The van der Waals surface area contributed by atoms with E-state index in [1.807, 2.05) is 12.1 Å². The normalized spacial score (nSPS) is 18.1. The summed E-state index contributed by atoms with van der Waals surface area (Å²) in [5, 5.41) is 9.76. The van der Waals surface area contributed by atoms with E-state index in [9.17, 15) is 5.11 Å². The highest BCUT2D eigenvalue weighted by atomic mass is 79.9. The average Bonchev–Trinajstić information content (AvgIpc) is 2.74. The molecule has 0 amide bonds. The fraction of sp³-hybridized carbons (Fsp3) is 0.500. The van der Waals surface area contributed by atoms with Gasteiger partial charge in [0.1, 0.15) is 5.75 Å². The van der Waals surface area contributed by atoms with Gasteiger partial charge in [-0.2, -0.15) is 0 Å². The quantitative estimate of drug-likeness (QED) is 0.874. The average molecular weight is 307 g/mol. The van der Waals surface area contributed by atoms with Gasteiger partial charge < -0.3 is 10.8 Å². The Hall–Kier alpha value is -0.250. The molecule has 0 saturated heterocycles. The summed E-state index contributed by atoms with van der Waals surface area (Å²) >= 11 is 3.41. The Morgan fingerprint density at radius 1 is 1.31 bits per heavy atom. The Morgan fingerprint density at radius 3 is 2.56 bits per heavy atom. The minimum Gasteiger partial charge on any atom is -0.508 e. The number of nitrogens with two attached hydrogens (primary N) is 1. The number of rotatable bonds is 2. The zero-order chi connectivity index (χ0) is 10.8.